The van der Waals surface area contributed by atoms with Gasteiger partial charge in [0.05, 0.1) is 12.9 Å². The van der Waals surface area contributed by atoms with Gasteiger partial charge in [0, 0.05) is 11.8 Å². The highest BCUT2D eigenvalue weighted by Gasteiger charge is 2.45. The van der Waals surface area contributed by atoms with Crippen molar-refractivity contribution in [1.82, 2.24) is 4.98 Å². The van der Waals surface area contributed by atoms with Crippen molar-refractivity contribution in [3.05, 3.63) is 23.4 Å². The highest BCUT2D eigenvalue weighted by Crippen LogP contribution is 2.53. The fourth-order valence-corrected chi connectivity index (χ4v) is 2.81. The molecule has 1 fully saturated rings. The van der Waals surface area contributed by atoms with E-state index < -0.39 is 15.1 Å². The Balaban J connectivity index is 2.21. The van der Waals surface area contributed by atoms with Crippen LogP contribution in [0.15, 0.2) is 17.3 Å². The topological polar surface area (TPSA) is 56.3 Å². The first-order valence-electron chi connectivity index (χ1n) is 5.46. The van der Waals surface area contributed by atoms with E-state index in [1.165, 1.54) is 0 Å². The maximum absolute atomic E-state index is 13.7. The standard InChI is InChI=1S/C11H14FNO3S2/c1-8-3-6-13-10(17-11(12)4-5-11)9(8)7-16-18(2,14)15/h3,6H,4-5,7H2,1-2H3. The van der Waals surface area contributed by atoms with Gasteiger partial charge in [-0.15, -0.1) is 0 Å². The van der Waals surface area contributed by atoms with Crippen molar-refractivity contribution in [1.29, 1.82) is 0 Å². The van der Waals surface area contributed by atoms with Crippen LogP contribution in [0.25, 0.3) is 0 Å². The Kier molecular flexibility index (Phi) is 3.66. The summed E-state index contributed by atoms with van der Waals surface area (Å²) in [5.41, 5.74) is 1.48. The van der Waals surface area contributed by atoms with Crippen molar-refractivity contribution in [2.45, 2.75) is 36.4 Å². The summed E-state index contributed by atoms with van der Waals surface area (Å²) in [6, 6.07) is 1.75. The lowest BCUT2D eigenvalue weighted by Gasteiger charge is -2.12. The molecule has 0 saturated heterocycles. The summed E-state index contributed by atoms with van der Waals surface area (Å²) in [7, 11) is -3.51. The van der Waals surface area contributed by atoms with Gasteiger partial charge in [-0.2, -0.15) is 8.42 Å². The van der Waals surface area contributed by atoms with Crippen LogP contribution in [0.3, 0.4) is 0 Å². The van der Waals surface area contributed by atoms with E-state index in [-0.39, 0.29) is 6.61 Å². The van der Waals surface area contributed by atoms with Gasteiger partial charge in [-0.1, -0.05) is 11.8 Å². The highest BCUT2D eigenvalue weighted by atomic mass is 32.2. The summed E-state index contributed by atoms with van der Waals surface area (Å²) >= 11 is 1.05. The molecule has 0 aliphatic heterocycles. The molecule has 0 aromatic carbocycles. The molecule has 0 spiro atoms. The lowest BCUT2D eigenvalue weighted by molar-refractivity contribution is 0.307. The third-order valence-corrected chi connectivity index (χ3v) is 4.46. The van der Waals surface area contributed by atoms with E-state index in [4.69, 9.17) is 4.18 Å². The summed E-state index contributed by atoms with van der Waals surface area (Å²) in [4.78, 5) is 4.11. The molecule has 1 heterocycles. The van der Waals surface area contributed by atoms with Crippen molar-refractivity contribution in [3.63, 3.8) is 0 Å². The molecule has 2 rings (SSSR count). The largest absolute Gasteiger partial charge is 0.265 e. The van der Waals surface area contributed by atoms with Crippen LogP contribution in [0.5, 0.6) is 0 Å². The van der Waals surface area contributed by atoms with E-state index in [1.807, 2.05) is 6.92 Å². The Bertz CT molecular complexity index is 555. The minimum absolute atomic E-state index is 0.100. The first kappa shape index (κ1) is 13.8. The monoisotopic (exact) mass is 291 g/mol. The molecule has 0 N–H and O–H groups in total. The molecule has 4 nitrogen and oxygen atoms in total. The fourth-order valence-electron chi connectivity index (χ4n) is 1.37. The molecule has 7 heteroatoms. The van der Waals surface area contributed by atoms with Gasteiger partial charge in [-0.05, 0) is 31.4 Å². The number of rotatable bonds is 5. The smallest absolute Gasteiger partial charge is 0.264 e. The lowest BCUT2D eigenvalue weighted by atomic mass is 10.2. The molecule has 1 aliphatic rings. The predicted octanol–water partition coefficient (Wildman–Crippen LogP) is 2.42. The molecular weight excluding hydrogens is 277 g/mol. The minimum Gasteiger partial charge on any atom is -0.265 e. The van der Waals surface area contributed by atoms with E-state index in [1.54, 1.807) is 12.3 Å². The van der Waals surface area contributed by atoms with Crippen LogP contribution in [0.2, 0.25) is 0 Å². The number of hydrogen-bond donors (Lipinski definition) is 0. The summed E-state index contributed by atoms with van der Waals surface area (Å²) in [6.07, 6.45) is 3.61. The van der Waals surface area contributed by atoms with E-state index in [0.717, 1.165) is 23.6 Å². The van der Waals surface area contributed by atoms with Gasteiger partial charge in [0.25, 0.3) is 10.1 Å². The second-order valence-corrected chi connectivity index (χ2v) is 7.33. The third-order valence-electron chi connectivity index (χ3n) is 2.59. The van der Waals surface area contributed by atoms with Crippen molar-refractivity contribution in [3.8, 4) is 0 Å². The Morgan fingerprint density at radius 1 is 1.56 bits per heavy atom. The molecule has 0 amide bonds. The summed E-state index contributed by atoms with van der Waals surface area (Å²) < 4.78 is 40.5. The second-order valence-electron chi connectivity index (χ2n) is 4.36. The molecule has 100 valence electrons. The Morgan fingerprint density at radius 2 is 2.22 bits per heavy atom. The molecule has 0 radical (unpaired) electrons. The van der Waals surface area contributed by atoms with E-state index >= 15 is 0 Å². The SMILES string of the molecule is Cc1ccnc(SC2(F)CC2)c1COS(C)(=O)=O. The normalized spacial score (nSPS) is 17.7. The Morgan fingerprint density at radius 3 is 2.78 bits per heavy atom. The van der Waals surface area contributed by atoms with Crippen LogP contribution >= 0.6 is 11.8 Å². The van der Waals surface area contributed by atoms with Crippen LogP contribution < -0.4 is 0 Å². The number of pyridine rings is 1. The maximum atomic E-state index is 13.7. The molecule has 1 saturated carbocycles. The number of hydrogen-bond acceptors (Lipinski definition) is 5. The van der Waals surface area contributed by atoms with Gasteiger partial charge < -0.3 is 0 Å². The van der Waals surface area contributed by atoms with Gasteiger partial charge in [-0.25, -0.2) is 9.37 Å². The van der Waals surface area contributed by atoms with Crippen molar-refractivity contribution in [2.24, 2.45) is 0 Å². The van der Waals surface area contributed by atoms with E-state index in [9.17, 15) is 12.8 Å². The Hall–Kier alpha value is -0.660. The molecule has 18 heavy (non-hydrogen) atoms. The number of halogens is 1. The fraction of sp³-hybridized carbons (Fsp3) is 0.545. The second kappa shape index (κ2) is 4.79. The van der Waals surface area contributed by atoms with Gasteiger partial charge in [0.15, 0.2) is 5.00 Å². The van der Waals surface area contributed by atoms with Gasteiger partial charge >= 0.3 is 0 Å². The maximum Gasteiger partial charge on any atom is 0.264 e. The number of thioether (sulfide) groups is 1. The number of aromatic nitrogens is 1. The van der Waals surface area contributed by atoms with Crippen molar-refractivity contribution >= 4 is 21.9 Å². The zero-order valence-corrected chi connectivity index (χ0v) is 11.8. The quantitative estimate of drug-likeness (QED) is 0.780. The number of nitrogens with zero attached hydrogens (tertiary/aromatic N) is 1. The van der Waals surface area contributed by atoms with Crippen LogP contribution in [-0.2, 0) is 20.9 Å². The lowest BCUT2D eigenvalue weighted by Crippen LogP contribution is -2.06. The molecule has 1 aromatic rings. The summed E-state index contributed by atoms with van der Waals surface area (Å²) in [5, 5.41) is -0.723. The van der Waals surface area contributed by atoms with Gasteiger partial charge in [0.1, 0.15) is 5.03 Å². The van der Waals surface area contributed by atoms with Gasteiger partial charge in [0.2, 0.25) is 0 Å². The van der Waals surface area contributed by atoms with Crippen LogP contribution in [-0.4, -0.2) is 24.7 Å². The molecule has 1 aliphatic carbocycles. The van der Waals surface area contributed by atoms with E-state index in [0.29, 0.717) is 23.4 Å². The summed E-state index contributed by atoms with van der Waals surface area (Å²) in [6.45, 7) is 1.72. The molecule has 0 bridgehead atoms. The van der Waals surface area contributed by atoms with Crippen molar-refractivity contribution in [2.75, 3.05) is 6.26 Å². The first-order valence-corrected chi connectivity index (χ1v) is 8.09. The zero-order valence-electron chi connectivity index (χ0n) is 10.1. The zero-order chi connectivity index (χ0) is 13.4. The minimum atomic E-state index is -3.51. The summed E-state index contributed by atoms with van der Waals surface area (Å²) in [5.74, 6) is 0. The highest BCUT2D eigenvalue weighted by molar-refractivity contribution is 8.00. The van der Waals surface area contributed by atoms with E-state index in [2.05, 4.69) is 4.98 Å². The third kappa shape index (κ3) is 3.66. The predicted molar refractivity (Wildman–Crippen MR) is 67.5 cm³/mol. The molecule has 0 atom stereocenters. The van der Waals surface area contributed by atoms with Crippen molar-refractivity contribution < 1.29 is 17.0 Å². The molecule has 0 unspecified atom stereocenters. The van der Waals surface area contributed by atoms with Gasteiger partial charge in [-0.3, -0.25) is 4.18 Å². The Labute approximate surface area is 110 Å². The molecular formula is C11H14FNO3S2. The number of alkyl halides is 1. The van der Waals surface area contributed by atoms with Crippen LogP contribution in [0.1, 0.15) is 24.0 Å². The average Bonchev–Trinajstić information content (AvgIpc) is 2.93. The molecule has 1 aromatic heterocycles. The van der Waals surface area contributed by atoms with Crippen LogP contribution in [0, 0.1) is 6.92 Å². The number of aryl methyl sites for hydroxylation is 1. The first-order chi connectivity index (χ1) is 8.29. The van der Waals surface area contributed by atoms with Crippen LogP contribution in [0.4, 0.5) is 4.39 Å². The average molecular weight is 291 g/mol.